The highest BCUT2D eigenvalue weighted by Crippen LogP contribution is 2.19. The van der Waals surface area contributed by atoms with E-state index in [2.05, 4.69) is 31.8 Å². The SMILES string of the molecule is C=CC[Si](C)(C)c1ccc(CC(=O)N2C(=O)OC[C@@H]2Cc2ccccc2)cc1. The Bertz CT molecular complexity index is 846. The summed E-state index contributed by atoms with van der Waals surface area (Å²) in [6.07, 6.45) is 2.25. The lowest BCUT2D eigenvalue weighted by molar-refractivity contribution is -0.128. The van der Waals surface area contributed by atoms with Crippen LogP contribution in [0.2, 0.25) is 19.1 Å². The fourth-order valence-electron chi connectivity index (χ4n) is 3.61. The molecule has 0 spiro atoms. The fraction of sp³-hybridized carbons (Fsp3) is 0.304. The Morgan fingerprint density at radius 1 is 1.14 bits per heavy atom. The quantitative estimate of drug-likeness (QED) is 0.529. The van der Waals surface area contributed by atoms with E-state index in [1.807, 2.05) is 48.5 Å². The van der Waals surface area contributed by atoms with Crippen molar-refractivity contribution in [3.63, 3.8) is 0 Å². The van der Waals surface area contributed by atoms with E-state index in [4.69, 9.17) is 4.74 Å². The lowest BCUT2D eigenvalue weighted by atomic mass is 10.0. The van der Waals surface area contributed by atoms with Crippen molar-refractivity contribution in [2.24, 2.45) is 0 Å². The van der Waals surface area contributed by atoms with Gasteiger partial charge >= 0.3 is 6.09 Å². The first kappa shape index (κ1) is 20.1. The fourth-order valence-corrected chi connectivity index (χ4v) is 5.64. The molecule has 0 radical (unpaired) electrons. The maximum Gasteiger partial charge on any atom is 0.416 e. The largest absolute Gasteiger partial charge is 0.447 e. The summed E-state index contributed by atoms with van der Waals surface area (Å²) in [6.45, 7) is 8.72. The molecule has 4 nitrogen and oxygen atoms in total. The van der Waals surface area contributed by atoms with Gasteiger partial charge in [0.05, 0.1) is 20.5 Å². The molecular weight excluding hydrogens is 366 g/mol. The molecule has 1 fully saturated rings. The first-order valence-corrected chi connectivity index (χ1v) is 12.8. The van der Waals surface area contributed by atoms with Crippen LogP contribution in [0.5, 0.6) is 0 Å². The summed E-state index contributed by atoms with van der Waals surface area (Å²) in [4.78, 5) is 26.3. The molecule has 0 unspecified atom stereocenters. The Hall–Kier alpha value is -2.66. The molecule has 2 aromatic rings. The molecule has 0 bridgehead atoms. The van der Waals surface area contributed by atoms with Gasteiger partial charge in [0.25, 0.3) is 0 Å². The van der Waals surface area contributed by atoms with Gasteiger partial charge in [0, 0.05) is 0 Å². The van der Waals surface area contributed by atoms with Crippen LogP contribution in [0.3, 0.4) is 0 Å². The second kappa shape index (κ2) is 8.57. The third kappa shape index (κ3) is 4.60. The van der Waals surface area contributed by atoms with Crippen molar-refractivity contribution in [2.75, 3.05) is 6.61 Å². The zero-order chi connectivity index (χ0) is 20.1. The molecule has 1 saturated heterocycles. The number of ether oxygens (including phenoxy) is 1. The summed E-state index contributed by atoms with van der Waals surface area (Å²) in [6, 6.07) is 18.9. The number of nitrogens with zero attached hydrogens (tertiary/aromatic N) is 1. The molecule has 1 atom stereocenters. The standard InChI is InChI=1S/C23H27NO3Si/c1-4-14-28(2,3)21-12-10-19(11-13-21)16-22(25)24-20(17-27-23(24)26)15-18-8-6-5-7-9-18/h4-13,20H,1,14-17H2,2-3H3/t20-/m0/s1. The minimum atomic E-state index is -1.52. The second-order valence-electron chi connectivity index (χ2n) is 7.93. The minimum absolute atomic E-state index is 0.199. The molecule has 146 valence electrons. The number of allylic oxidation sites excluding steroid dienone is 1. The zero-order valence-corrected chi connectivity index (χ0v) is 17.6. The number of rotatable bonds is 7. The molecule has 0 saturated carbocycles. The van der Waals surface area contributed by atoms with E-state index in [-0.39, 0.29) is 25.0 Å². The van der Waals surface area contributed by atoms with Crippen LogP contribution in [0.25, 0.3) is 0 Å². The highest BCUT2D eigenvalue weighted by Gasteiger charge is 2.37. The van der Waals surface area contributed by atoms with E-state index in [1.165, 1.54) is 10.1 Å². The van der Waals surface area contributed by atoms with Gasteiger partial charge in [-0.15, -0.1) is 6.58 Å². The van der Waals surface area contributed by atoms with Crippen LogP contribution in [0.15, 0.2) is 67.3 Å². The third-order valence-corrected chi connectivity index (χ3v) is 8.49. The van der Waals surface area contributed by atoms with Gasteiger partial charge in [0.2, 0.25) is 5.91 Å². The van der Waals surface area contributed by atoms with Crippen LogP contribution in [-0.4, -0.2) is 37.6 Å². The van der Waals surface area contributed by atoms with Crippen molar-refractivity contribution in [2.45, 2.75) is 38.0 Å². The average molecular weight is 394 g/mol. The van der Waals surface area contributed by atoms with Gasteiger partial charge in [-0.1, -0.05) is 79.0 Å². The monoisotopic (exact) mass is 393 g/mol. The molecular formula is C23H27NO3Si. The predicted molar refractivity (Wildman–Crippen MR) is 114 cm³/mol. The number of carbonyl (C=O) groups is 2. The van der Waals surface area contributed by atoms with Crippen LogP contribution in [0.1, 0.15) is 11.1 Å². The first-order chi connectivity index (χ1) is 13.4. The molecule has 3 rings (SSSR count). The predicted octanol–water partition coefficient (Wildman–Crippen LogP) is 3.92. The Labute approximate surface area is 167 Å². The molecule has 5 heteroatoms. The Balaban J connectivity index is 1.68. The highest BCUT2D eigenvalue weighted by atomic mass is 28.3. The van der Waals surface area contributed by atoms with Crippen LogP contribution in [0.4, 0.5) is 4.79 Å². The van der Waals surface area contributed by atoms with Gasteiger partial charge in [-0.2, -0.15) is 0 Å². The van der Waals surface area contributed by atoms with Gasteiger partial charge in [-0.05, 0) is 23.6 Å². The van der Waals surface area contributed by atoms with Gasteiger partial charge in [0.15, 0.2) is 0 Å². The summed E-state index contributed by atoms with van der Waals surface area (Å²) in [7, 11) is -1.52. The molecule has 1 heterocycles. The number of cyclic esters (lactones) is 1. The van der Waals surface area contributed by atoms with Crippen molar-refractivity contribution < 1.29 is 14.3 Å². The molecule has 2 aromatic carbocycles. The van der Waals surface area contributed by atoms with Crippen molar-refractivity contribution >= 4 is 25.3 Å². The van der Waals surface area contributed by atoms with Gasteiger partial charge in [-0.3, -0.25) is 4.79 Å². The van der Waals surface area contributed by atoms with E-state index in [0.29, 0.717) is 6.42 Å². The maximum atomic E-state index is 12.8. The first-order valence-electron chi connectivity index (χ1n) is 9.64. The van der Waals surface area contributed by atoms with Crippen molar-refractivity contribution in [1.29, 1.82) is 0 Å². The number of hydrogen-bond acceptors (Lipinski definition) is 3. The summed E-state index contributed by atoms with van der Waals surface area (Å²) in [5.41, 5.74) is 2.00. The molecule has 1 aliphatic rings. The molecule has 0 aromatic heterocycles. The van der Waals surface area contributed by atoms with Crippen molar-refractivity contribution in [3.8, 4) is 0 Å². The highest BCUT2D eigenvalue weighted by molar-refractivity contribution is 6.90. The minimum Gasteiger partial charge on any atom is -0.447 e. The third-order valence-electron chi connectivity index (χ3n) is 5.29. The van der Waals surface area contributed by atoms with Gasteiger partial charge < -0.3 is 4.74 Å². The lowest BCUT2D eigenvalue weighted by Crippen LogP contribution is -2.41. The number of imide groups is 1. The Morgan fingerprint density at radius 2 is 1.82 bits per heavy atom. The lowest BCUT2D eigenvalue weighted by Gasteiger charge is -2.22. The number of hydrogen-bond donors (Lipinski definition) is 0. The zero-order valence-electron chi connectivity index (χ0n) is 16.6. The Morgan fingerprint density at radius 3 is 2.46 bits per heavy atom. The van der Waals surface area contributed by atoms with E-state index in [0.717, 1.165) is 17.2 Å². The average Bonchev–Trinajstić information content (AvgIpc) is 3.03. The molecule has 0 N–H and O–H groups in total. The molecule has 28 heavy (non-hydrogen) atoms. The van der Waals surface area contributed by atoms with Crippen molar-refractivity contribution in [1.82, 2.24) is 4.90 Å². The van der Waals surface area contributed by atoms with E-state index in [9.17, 15) is 9.59 Å². The van der Waals surface area contributed by atoms with E-state index < -0.39 is 14.2 Å². The number of amides is 2. The normalized spacial score (nSPS) is 16.7. The van der Waals surface area contributed by atoms with Crippen LogP contribution in [-0.2, 0) is 22.4 Å². The Kier molecular flexibility index (Phi) is 6.14. The smallest absolute Gasteiger partial charge is 0.416 e. The molecule has 2 amide bonds. The van der Waals surface area contributed by atoms with Crippen molar-refractivity contribution in [3.05, 3.63) is 78.4 Å². The van der Waals surface area contributed by atoms with Crippen LogP contribution < -0.4 is 5.19 Å². The van der Waals surface area contributed by atoms with Gasteiger partial charge in [0.1, 0.15) is 6.61 Å². The number of benzene rings is 2. The van der Waals surface area contributed by atoms with Crippen LogP contribution in [0, 0.1) is 0 Å². The second-order valence-corrected chi connectivity index (χ2v) is 12.7. The van der Waals surface area contributed by atoms with E-state index in [1.54, 1.807) is 0 Å². The summed E-state index contributed by atoms with van der Waals surface area (Å²) in [5.74, 6) is -0.209. The van der Waals surface area contributed by atoms with E-state index >= 15 is 0 Å². The maximum absolute atomic E-state index is 12.8. The summed E-state index contributed by atoms with van der Waals surface area (Å²) < 4.78 is 5.16. The topological polar surface area (TPSA) is 46.6 Å². The van der Waals surface area contributed by atoms with Gasteiger partial charge in [-0.25, -0.2) is 9.69 Å². The molecule has 0 aliphatic carbocycles. The summed E-state index contributed by atoms with van der Waals surface area (Å²) in [5, 5.41) is 1.34. The summed E-state index contributed by atoms with van der Waals surface area (Å²) >= 11 is 0. The van der Waals surface area contributed by atoms with Crippen LogP contribution >= 0.6 is 0 Å². The number of carbonyl (C=O) groups excluding carboxylic acids is 2. The molecule has 1 aliphatic heterocycles.